The standard InChI is InChI=1S/C23H33NO5/c1-21(2)16-28-22(3,4)24(21)20(26)29-23(19(25)27-5,17-12-8-6-9-13-17)18-14-10-7-11-15-18/h6,8-9,12-13,18H,7,10-11,14-16H2,1-5H3. The van der Waals surface area contributed by atoms with Crippen molar-refractivity contribution in [1.82, 2.24) is 4.90 Å². The van der Waals surface area contributed by atoms with E-state index in [1.54, 1.807) is 4.90 Å². The van der Waals surface area contributed by atoms with E-state index in [-0.39, 0.29) is 5.92 Å². The van der Waals surface area contributed by atoms with Crippen LogP contribution in [0.15, 0.2) is 30.3 Å². The minimum Gasteiger partial charge on any atom is -0.466 e. The van der Waals surface area contributed by atoms with Crippen molar-refractivity contribution in [1.29, 1.82) is 0 Å². The highest BCUT2D eigenvalue weighted by molar-refractivity contribution is 5.85. The Morgan fingerprint density at radius 3 is 2.21 bits per heavy atom. The van der Waals surface area contributed by atoms with Crippen molar-refractivity contribution in [2.75, 3.05) is 13.7 Å². The molecular weight excluding hydrogens is 370 g/mol. The van der Waals surface area contributed by atoms with Crippen molar-refractivity contribution in [2.45, 2.75) is 76.7 Å². The van der Waals surface area contributed by atoms with Crippen LogP contribution in [0.3, 0.4) is 0 Å². The summed E-state index contributed by atoms with van der Waals surface area (Å²) in [7, 11) is 1.35. The first kappa shape index (κ1) is 21.6. The molecule has 1 aliphatic carbocycles. The lowest BCUT2D eigenvalue weighted by molar-refractivity contribution is -0.177. The predicted molar refractivity (Wildman–Crippen MR) is 109 cm³/mol. The Balaban J connectivity index is 2.07. The molecule has 1 heterocycles. The molecule has 6 heteroatoms. The first-order chi connectivity index (χ1) is 13.6. The van der Waals surface area contributed by atoms with Crippen LogP contribution in [0, 0.1) is 5.92 Å². The van der Waals surface area contributed by atoms with Crippen molar-refractivity contribution < 1.29 is 23.8 Å². The molecule has 1 saturated carbocycles. The number of hydrogen-bond donors (Lipinski definition) is 0. The molecule has 1 saturated heterocycles. The molecule has 1 amide bonds. The lowest BCUT2D eigenvalue weighted by Crippen LogP contribution is -2.57. The number of rotatable bonds is 4. The molecule has 0 N–H and O–H groups in total. The lowest BCUT2D eigenvalue weighted by atomic mass is 9.73. The summed E-state index contributed by atoms with van der Waals surface area (Å²) < 4.78 is 17.3. The van der Waals surface area contributed by atoms with E-state index in [9.17, 15) is 9.59 Å². The summed E-state index contributed by atoms with van der Waals surface area (Å²) in [6.07, 6.45) is 4.17. The predicted octanol–water partition coefficient (Wildman–Crippen LogP) is 4.62. The molecular formula is C23H33NO5. The molecule has 1 unspecified atom stereocenters. The number of amides is 1. The molecule has 29 heavy (non-hydrogen) atoms. The second-order valence-electron chi connectivity index (χ2n) is 9.18. The van der Waals surface area contributed by atoms with Crippen LogP contribution in [-0.4, -0.2) is 41.9 Å². The Morgan fingerprint density at radius 2 is 1.69 bits per heavy atom. The second kappa shape index (κ2) is 7.98. The van der Waals surface area contributed by atoms with Crippen LogP contribution < -0.4 is 0 Å². The van der Waals surface area contributed by atoms with Crippen LogP contribution in [0.4, 0.5) is 4.79 Å². The van der Waals surface area contributed by atoms with Gasteiger partial charge in [-0.1, -0.05) is 49.6 Å². The Hall–Kier alpha value is -2.08. The van der Waals surface area contributed by atoms with E-state index in [1.807, 2.05) is 58.0 Å². The largest absolute Gasteiger partial charge is 0.466 e. The van der Waals surface area contributed by atoms with Crippen molar-refractivity contribution in [2.24, 2.45) is 5.92 Å². The minimum atomic E-state index is -1.47. The number of hydrogen-bond acceptors (Lipinski definition) is 5. The number of nitrogens with zero attached hydrogens (tertiary/aromatic N) is 1. The van der Waals surface area contributed by atoms with Gasteiger partial charge in [0.1, 0.15) is 5.72 Å². The summed E-state index contributed by atoms with van der Waals surface area (Å²) in [5.74, 6) is -0.663. The van der Waals surface area contributed by atoms with Gasteiger partial charge in [-0.3, -0.25) is 4.90 Å². The van der Waals surface area contributed by atoms with Crippen LogP contribution >= 0.6 is 0 Å². The van der Waals surface area contributed by atoms with Crippen molar-refractivity contribution in [3.63, 3.8) is 0 Å². The zero-order valence-corrected chi connectivity index (χ0v) is 18.2. The van der Waals surface area contributed by atoms with Crippen molar-refractivity contribution >= 4 is 12.1 Å². The van der Waals surface area contributed by atoms with E-state index in [4.69, 9.17) is 14.2 Å². The Bertz CT molecular complexity index is 723. The monoisotopic (exact) mass is 403 g/mol. The van der Waals surface area contributed by atoms with E-state index >= 15 is 0 Å². The highest BCUT2D eigenvalue weighted by atomic mass is 16.6. The molecule has 0 aromatic heterocycles. The van der Waals surface area contributed by atoms with E-state index in [0.29, 0.717) is 12.2 Å². The molecule has 2 aliphatic rings. The zero-order chi connectivity index (χ0) is 21.3. The third kappa shape index (κ3) is 3.87. The normalized spacial score (nSPS) is 23.3. The number of carbonyl (C=O) groups is 2. The van der Waals surface area contributed by atoms with Crippen LogP contribution in [0.25, 0.3) is 0 Å². The Labute approximate surface area is 173 Å². The summed E-state index contributed by atoms with van der Waals surface area (Å²) in [5, 5.41) is 0. The SMILES string of the molecule is COC(=O)C(OC(=O)N1C(C)(C)COC1(C)C)(c1ccccc1)C1CCCCC1. The molecule has 160 valence electrons. The zero-order valence-electron chi connectivity index (χ0n) is 18.2. The summed E-state index contributed by atoms with van der Waals surface area (Å²) in [5.41, 5.74) is -2.19. The highest BCUT2D eigenvalue weighted by Gasteiger charge is 2.56. The number of esters is 1. The number of benzene rings is 1. The minimum absolute atomic E-state index is 0.134. The van der Waals surface area contributed by atoms with Gasteiger partial charge >= 0.3 is 12.1 Å². The molecule has 2 fully saturated rings. The lowest BCUT2D eigenvalue weighted by Gasteiger charge is -2.43. The topological polar surface area (TPSA) is 65.1 Å². The Kier molecular flexibility index (Phi) is 5.95. The number of methoxy groups -OCH3 is 1. The van der Waals surface area contributed by atoms with E-state index in [0.717, 1.165) is 32.1 Å². The van der Waals surface area contributed by atoms with Gasteiger partial charge < -0.3 is 14.2 Å². The van der Waals surface area contributed by atoms with Crippen molar-refractivity contribution in [3.8, 4) is 0 Å². The third-order valence-electron chi connectivity index (χ3n) is 6.22. The fraction of sp³-hybridized carbons (Fsp3) is 0.652. The van der Waals surface area contributed by atoms with E-state index < -0.39 is 28.9 Å². The maximum atomic E-state index is 13.5. The molecule has 1 aromatic rings. The van der Waals surface area contributed by atoms with Gasteiger partial charge in [-0.05, 0) is 40.5 Å². The van der Waals surface area contributed by atoms with Gasteiger partial charge in [-0.15, -0.1) is 0 Å². The van der Waals surface area contributed by atoms with Gasteiger partial charge in [-0.2, -0.15) is 0 Å². The summed E-state index contributed by atoms with van der Waals surface area (Å²) in [6.45, 7) is 7.95. The first-order valence-electron chi connectivity index (χ1n) is 10.5. The molecule has 3 rings (SSSR count). The van der Waals surface area contributed by atoms with Crippen LogP contribution in [0.1, 0.15) is 65.4 Å². The Morgan fingerprint density at radius 1 is 1.07 bits per heavy atom. The molecule has 1 atom stereocenters. The third-order valence-corrected chi connectivity index (χ3v) is 6.22. The maximum absolute atomic E-state index is 13.5. The molecule has 0 spiro atoms. The van der Waals surface area contributed by atoms with Crippen LogP contribution in [0.5, 0.6) is 0 Å². The summed E-state index contributed by atoms with van der Waals surface area (Å²) in [6, 6.07) is 9.28. The molecule has 1 aliphatic heterocycles. The van der Waals surface area contributed by atoms with Gasteiger partial charge in [0.15, 0.2) is 0 Å². The van der Waals surface area contributed by atoms with Gasteiger partial charge in [-0.25, -0.2) is 9.59 Å². The molecule has 0 bridgehead atoms. The first-order valence-corrected chi connectivity index (χ1v) is 10.5. The maximum Gasteiger partial charge on any atom is 0.414 e. The van der Waals surface area contributed by atoms with E-state index in [1.165, 1.54) is 7.11 Å². The molecule has 6 nitrogen and oxygen atoms in total. The van der Waals surface area contributed by atoms with Crippen molar-refractivity contribution in [3.05, 3.63) is 35.9 Å². The fourth-order valence-corrected chi connectivity index (χ4v) is 4.91. The quantitative estimate of drug-likeness (QED) is 0.687. The number of ether oxygens (including phenoxy) is 3. The van der Waals surface area contributed by atoms with Crippen LogP contribution in [0.2, 0.25) is 0 Å². The highest BCUT2D eigenvalue weighted by Crippen LogP contribution is 2.45. The van der Waals surface area contributed by atoms with Gasteiger partial charge in [0.05, 0.1) is 19.3 Å². The van der Waals surface area contributed by atoms with Gasteiger partial charge in [0.25, 0.3) is 0 Å². The second-order valence-corrected chi connectivity index (χ2v) is 9.18. The summed E-state index contributed by atoms with van der Waals surface area (Å²) in [4.78, 5) is 28.4. The van der Waals surface area contributed by atoms with Gasteiger partial charge in [0.2, 0.25) is 5.60 Å². The smallest absolute Gasteiger partial charge is 0.414 e. The average molecular weight is 404 g/mol. The average Bonchev–Trinajstić information content (AvgIpc) is 2.94. The number of carbonyl (C=O) groups excluding carboxylic acids is 2. The summed E-state index contributed by atoms with van der Waals surface area (Å²) >= 11 is 0. The van der Waals surface area contributed by atoms with Gasteiger partial charge in [0, 0.05) is 11.5 Å². The molecule has 0 radical (unpaired) electrons. The van der Waals surface area contributed by atoms with Crippen LogP contribution in [-0.2, 0) is 24.6 Å². The molecule has 1 aromatic carbocycles. The fourth-order valence-electron chi connectivity index (χ4n) is 4.91. The van der Waals surface area contributed by atoms with E-state index in [2.05, 4.69) is 0 Å².